The van der Waals surface area contributed by atoms with E-state index in [1.165, 1.54) is 17.2 Å². The Bertz CT molecular complexity index is 709. The Kier molecular flexibility index (Phi) is 3.44. The smallest absolute Gasteiger partial charge is 0.174 e. The molecule has 128 valence electrons. The van der Waals surface area contributed by atoms with E-state index in [0.29, 0.717) is 18.3 Å². The van der Waals surface area contributed by atoms with Crippen molar-refractivity contribution in [2.45, 2.75) is 50.5 Å². The van der Waals surface area contributed by atoms with Crippen LogP contribution >= 0.6 is 0 Å². The van der Waals surface area contributed by atoms with Gasteiger partial charge in [-0.05, 0) is 73.1 Å². The van der Waals surface area contributed by atoms with Crippen LogP contribution < -0.4 is 4.74 Å². The van der Waals surface area contributed by atoms with Crippen LogP contribution in [-0.4, -0.2) is 23.6 Å². The molecule has 1 aromatic carbocycles. The first-order valence-electron chi connectivity index (χ1n) is 9.00. The van der Waals surface area contributed by atoms with Crippen LogP contribution in [0.5, 0.6) is 5.75 Å². The third kappa shape index (κ3) is 1.97. The summed E-state index contributed by atoms with van der Waals surface area (Å²) >= 11 is 0. The van der Waals surface area contributed by atoms with Gasteiger partial charge >= 0.3 is 0 Å². The fourth-order valence-corrected chi connectivity index (χ4v) is 5.76. The van der Waals surface area contributed by atoms with E-state index in [2.05, 4.69) is 31.7 Å². The topological polar surface area (TPSA) is 46.5 Å². The number of aliphatic hydroxyl groups is 1. The van der Waals surface area contributed by atoms with E-state index < -0.39 is 11.0 Å². The fraction of sp³-hybridized carbons (Fsp3) is 0.571. The maximum Gasteiger partial charge on any atom is 0.174 e. The lowest BCUT2D eigenvalue weighted by Gasteiger charge is -2.48. The summed E-state index contributed by atoms with van der Waals surface area (Å²) < 4.78 is 5.37. The predicted octanol–water partition coefficient (Wildman–Crippen LogP) is 3.65. The fourth-order valence-electron chi connectivity index (χ4n) is 5.76. The summed E-state index contributed by atoms with van der Waals surface area (Å²) in [5.74, 6) is 2.14. The normalized spacial score (nSPS) is 40.5. The molecule has 0 aliphatic heterocycles. The molecule has 3 heteroatoms. The van der Waals surface area contributed by atoms with Crippen LogP contribution in [0.3, 0.4) is 0 Å². The van der Waals surface area contributed by atoms with Crippen LogP contribution in [0.4, 0.5) is 0 Å². The van der Waals surface area contributed by atoms with Gasteiger partial charge in [0.05, 0.1) is 7.11 Å². The third-order valence-electron chi connectivity index (χ3n) is 7.10. The van der Waals surface area contributed by atoms with E-state index in [1.54, 1.807) is 7.11 Å². The Labute approximate surface area is 143 Å². The monoisotopic (exact) mass is 326 g/mol. The first kappa shape index (κ1) is 15.9. The lowest BCUT2D eigenvalue weighted by molar-refractivity contribution is -0.138. The first-order valence-corrected chi connectivity index (χ1v) is 9.00. The predicted molar refractivity (Wildman–Crippen MR) is 93.1 cm³/mol. The molecular formula is C21H26O3. The number of hydrogen-bond donors (Lipinski definition) is 1. The molecule has 1 N–H and O–H groups in total. The van der Waals surface area contributed by atoms with E-state index in [1.807, 2.05) is 0 Å². The van der Waals surface area contributed by atoms with Crippen LogP contribution in [0, 0.1) is 17.3 Å². The Morgan fingerprint density at radius 1 is 1.38 bits per heavy atom. The summed E-state index contributed by atoms with van der Waals surface area (Å²) in [4.78, 5) is 12.9. The molecule has 0 saturated heterocycles. The summed E-state index contributed by atoms with van der Waals surface area (Å²) in [6.07, 6.45) is 6.01. The largest absolute Gasteiger partial charge is 0.497 e. The number of ether oxygens (including phenoxy) is 1. The van der Waals surface area contributed by atoms with Gasteiger partial charge in [-0.2, -0.15) is 0 Å². The van der Waals surface area contributed by atoms with Crippen molar-refractivity contribution < 1.29 is 14.6 Å². The molecule has 0 amide bonds. The number of ketones is 1. The van der Waals surface area contributed by atoms with Crippen LogP contribution in [0.15, 0.2) is 30.9 Å². The minimum absolute atomic E-state index is 0.00558. The van der Waals surface area contributed by atoms with Gasteiger partial charge in [-0.25, -0.2) is 0 Å². The second-order valence-corrected chi connectivity index (χ2v) is 8.10. The number of methoxy groups -OCH3 is 1. The standard InChI is InChI=1S/C21H26O3/c1-4-21(23)12-18-17-7-5-13-11-14(24-3)6-8-15(13)16(17)9-10-20(18,2)19(21)22/h4,6,8,11,16-18,23H,1,5,7,9-10,12H2,2-3H3/t16-,17-,18+,20+,21?/m1/s1. The number of fused-ring (bicyclic) bond motifs is 5. The van der Waals surface area contributed by atoms with Gasteiger partial charge in [0.1, 0.15) is 11.4 Å². The zero-order valence-electron chi connectivity index (χ0n) is 14.5. The molecule has 0 heterocycles. The van der Waals surface area contributed by atoms with Crippen LogP contribution in [0.1, 0.15) is 49.7 Å². The molecule has 2 fully saturated rings. The number of hydrogen-bond acceptors (Lipinski definition) is 3. The van der Waals surface area contributed by atoms with Gasteiger partial charge in [0.25, 0.3) is 0 Å². The maximum absolute atomic E-state index is 12.9. The van der Waals surface area contributed by atoms with Gasteiger partial charge in [0, 0.05) is 5.41 Å². The summed E-state index contributed by atoms with van der Waals surface area (Å²) in [6.45, 7) is 5.80. The number of rotatable bonds is 2. The van der Waals surface area contributed by atoms with Crippen LogP contribution in [0.2, 0.25) is 0 Å². The highest BCUT2D eigenvalue weighted by Crippen LogP contribution is 2.61. The highest BCUT2D eigenvalue weighted by atomic mass is 16.5. The molecule has 3 nitrogen and oxygen atoms in total. The van der Waals surface area contributed by atoms with Gasteiger partial charge in [0.2, 0.25) is 0 Å². The molecule has 0 spiro atoms. The van der Waals surface area contributed by atoms with Gasteiger partial charge in [-0.3, -0.25) is 4.79 Å². The average molecular weight is 326 g/mol. The second-order valence-electron chi connectivity index (χ2n) is 8.10. The molecular weight excluding hydrogens is 300 g/mol. The Hall–Kier alpha value is -1.61. The molecule has 1 aromatic rings. The number of carbonyl (C=O) groups is 1. The molecule has 0 aromatic heterocycles. The van der Waals surface area contributed by atoms with Crippen molar-refractivity contribution >= 4 is 5.78 Å². The molecule has 24 heavy (non-hydrogen) atoms. The Balaban J connectivity index is 1.71. The molecule has 0 bridgehead atoms. The molecule has 3 aliphatic rings. The molecule has 2 saturated carbocycles. The van der Waals surface area contributed by atoms with E-state index in [-0.39, 0.29) is 11.7 Å². The van der Waals surface area contributed by atoms with Gasteiger partial charge < -0.3 is 9.84 Å². The minimum Gasteiger partial charge on any atom is -0.497 e. The summed E-state index contributed by atoms with van der Waals surface area (Å²) in [6, 6.07) is 6.43. The quantitative estimate of drug-likeness (QED) is 0.844. The van der Waals surface area contributed by atoms with E-state index in [0.717, 1.165) is 31.4 Å². The SMILES string of the molecule is C=CC1(O)C[C@H]2[C@@H]3CCc4cc(OC)ccc4[C@H]3CC[C@]2(C)C1=O. The number of carbonyl (C=O) groups excluding carboxylic acids is 1. The summed E-state index contributed by atoms with van der Waals surface area (Å²) in [5.41, 5.74) is 1.10. The zero-order valence-corrected chi connectivity index (χ0v) is 14.5. The number of aryl methyl sites for hydroxylation is 1. The van der Waals surface area contributed by atoms with Crippen molar-refractivity contribution in [2.24, 2.45) is 17.3 Å². The van der Waals surface area contributed by atoms with Crippen molar-refractivity contribution in [2.75, 3.05) is 7.11 Å². The molecule has 1 unspecified atom stereocenters. The van der Waals surface area contributed by atoms with Crippen molar-refractivity contribution in [3.63, 3.8) is 0 Å². The van der Waals surface area contributed by atoms with E-state index in [9.17, 15) is 9.90 Å². The Morgan fingerprint density at radius 3 is 2.88 bits per heavy atom. The highest BCUT2D eigenvalue weighted by molar-refractivity contribution is 5.96. The second kappa shape index (κ2) is 5.19. The lowest BCUT2D eigenvalue weighted by Crippen LogP contribution is -2.44. The minimum atomic E-state index is -1.32. The van der Waals surface area contributed by atoms with Gasteiger partial charge in [-0.15, -0.1) is 0 Å². The number of Topliss-reactive ketones (excluding diaryl/α,β-unsaturated/α-hetero) is 1. The first-order chi connectivity index (χ1) is 11.4. The molecule has 3 aliphatic carbocycles. The lowest BCUT2D eigenvalue weighted by atomic mass is 9.55. The number of benzene rings is 1. The van der Waals surface area contributed by atoms with Crippen molar-refractivity contribution in [3.8, 4) is 5.75 Å². The Morgan fingerprint density at radius 2 is 2.17 bits per heavy atom. The van der Waals surface area contributed by atoms with Crippen LogP contribution in [-0.2, 0) is 11.2 Å². The van der Waals surface area contributed by atoms with Crippen molar-refractivity contribution in [1.82, 2.24) is 0 Å². The van der Waals surface area contributed by atoms with Crippen molar-refractivity contribution in [1.29, 1.82) is 0 Å². The van der Waals surface area contributed by atoms with Crippen LogP contribution in [0.25, 0.3) is 0 Å². The van der Waals surface area contributed by atoms with Gasteiger partial charge in [-0.1, -0.05) is 25.6 Å². The summed E-state index contributed by atoms with van der Waals surface area (Å²) in [7, 11) is 1.71. The molecule has 0 radical (unpaired) electrons. The maximum atomic E-state index is 12.9. The summed E-state index contributed by atoms with van der Waals surface area (Å²) in [5, 5.41) is 10.7. The van der Waals surface area contributed by atoms with E-state index in [4.69, 9.17) is 4.74 Å². The van der Waals surface area contributed by atoms with Gasteiger partial charge in [0.15, 0.2) is 5.78 Å². The molecule has 4 rings (SSSR count). The zero-order chi connectivity index (χ0) is 17.1. The molecule has 5 atom stereocenters. The third-order valence-corrected chi connectivity index (χ3v) is 7.10. The van der Waals surface area contributed by atoms with Crippen molar-refractivity contribution in [3.05, 3.63) is 42.0 Å². The van der Waals surface area contributed by atoms with E-state index >= 15 is 0 Å². The highest BCUT2D eigenvalue weighted by Gasteiger charge is 2.62. The average Bonchev–Trinajstić information content (AvgIpc) is 2.82.